The van der Waals surface area contributed by atoms with Crippen LogP contribution in [0, 0.1) is 5.92 Å². The van der Waals surface area contributed by atoms with E-state index in [-0.39, 0.29) is 0 Å². The molecule has 0 bridgehead atoms. The third-order valence-electron chi connectivity index (χ3n) is 3.86. The van der Waals surface area contributed by atoms with Gasteiger partial charge in [-0.2, -0.15) is 0 Å². The number of benzene rings is 1. The van der Waals surface area contributed by atoms with Crippen molar-refractivity contribution in [2.45, 2.75) is 32.5 Å². The van der Waals surface area contributed by atoms with E-state index in [2.05, 4.69) is 23.5 Å². The number of hydrogen-bond acceptors (Lipinski definition) is 3. The summed E-state index contributed by atoms with van der Waals surface area (Å²) >= 11 is 0. The normalized spacial score (nSPS) is 22.8. The number of anilines is 1. The zero-order chi connectivity index (χ0) is 12.2. The van der Waals surface area contributed by atoms with Crippen LogP contribution in [0.5, 0.6) is 0 Å². The minimum absolute atomic E-state index is 0.740. The van der Waals surface area contributed by atoms with Gasteiger partial charge < -0.3 is 14.8 Å². The second-order valence-corrected chi connectivity index (χ2v) is 5.27. The minimum atomic E-state index is 0.740. The van der Waals surface area contributed by atoms with E-state index in [4.69, 9.17) is 9.47 Å². The fraction of sp³-hybridized carbons (Fsp3) is 0.600. The molecule has 18 heavy (non-hydrogen) atoms. The van der Waals surface area contributed by atoms with Crippen molar-refractivity contribution in [1.29, 1.82) is 0 Å². The van der Waals surface area contributed by atoms with Crippen molar-refractivity contribution in [3.63, 3.8) is 0 Å². The van der Waals surface area contributed by atoms with Gasteiger partial charge in [-0.25, -0.2) is 0 Å². The molecule has 3 heteroatoms. The fourth-order valence-corrected chi connectivity index (χ4v) is 2.74. The van der Waals surface area contributed by atoms with E-state index in [1.807, 2.05) is 0 Å². The Hall–Kier alpha value is -1.06. The van der Waals surface area contributed by atoms with Crippen molar-refractivity contribution in [2.24, 2.45) is 5.92 Å². The van der Waals surface area contributed by atoms with Crippen LogP contribution in [0.25, 0.3) is 0 Å². The summed E-state index contributed by atoms with van der Waals surface area (Å²) in [5, 5.41) is 3.51. The molecule has 1 fully saturated rings. The molecule has 98 valence electrons. The molecule has 0 radical (unpaired) electrons. The lowest BCUT2D eigenvalue weighted by Gasteiger charge is -2.22. The molecule has 1 aromatic rings. The lowest BCUT2D eigenvalue weighted by Crippen LogP contribution is -2.20. The van der Waals surface area contributed by atoms with Crippen LogP contribution in [0.3, 0.4) is 0 Å². The number of hydrogen-bond donors (Lipinski definition) is 1. The van der Waals surface area contributed by atoms with Crippen molar-refractivity contribution in [2.75, 3.05) is 25.1 Å². The van der Waals surface area contributed by atoms with Crippen LogP contribution in [0.2, 0.25) is 0 Å². The van der Waals surface area contributed by atoms with Crippen LogP contribution in [0.1, 0.15) is 30.4 Å². The van der Waals surface area contributed by atoms with Crippen molar-refractivity contribution in [3.8, 4) is 0 Å². The maximum atomic E-state index is 5.50. The highest BCUT2D eigenvalue weighted by atomic mass is 16.5. The number of nitrogens with one attached hydrogen (secondary N) is 1. The molecule has 0 amide bonds. The summed E-state index contributed by atoms with van der Waals surface area (Å²) in [5.41, 5.74) is 3.89. The predicted molar refractivity (Wildman–Crippen MR) is 71.6 cm³/mol. The zero-order valence-electron chi connectivity index (χ0n) is 10.8. The fourth-order valence-electron chi connectivity index (χ4n) is 2.74. The third kappa shape index (κ3) is 2.85. The molecule has 1 atom stereocenters. The van der Waals surface area contributed by atoms with Gasteiger partial charge in [-0.15, -0.1) is 0 Å². The highest BCUT2D eigenvalue weighted by Gasteiger charge is 2.14. The Kier molecular flexibility index (Phi) is 3.81. The van der Waals surface area contributed by atoms with Gasteiger partial charge >= 0.3 is 0 Å². The van der Waals surface area contributed by atoms with Crippen LogP contribution < -0.4 is 5.32 Å². The summed E-state index contributed by atoms with van der Waals surface area (Å²) in [6.07, 6.45) is 3.74. The van der Waals surface area contributed by atoms with Crippen molar-refractivity contribution >= 4 is 5.69 Å². The Bertz CT molecular complexity index is 399. The van der Waals surface area contributed by atoms with Gasteiger partial charge in [-0.05, 0) is 48.4 Å². The molecular weight excluding hydrogens is 226 g/mol. The van der Waals surface area contributed by atoms with Gasteiger partial charge in [-0.1, -0.05) is 6.07 Å². The highest BCUT2D eigenvalue weighted by molar-refractivity contribution is 5.49. The van der Waals surface area contributed by atoms with Gasteiger partial charge in [0.05, 0.1) is 13.2 Å². The van der Waals surface area contributed by atoms with E-state index in [1.54, 1.807) is 0 Å². The number of ether oxygens (including phenoxy) is 2. The van der Waals surface area contributed by atoms with Gasteiger partial charge in [0.25, 0.3) is 0 Å². The predicted octanol–water partition coefficient (Wildman–Crippen LogP) is 2.95. The summed E-state index contributed by atoms with van der Waals surface area (Å²) in [6.45, 7) is 4.47. The smallest absolute Gasteiger partial charge is 0.0725 e. The molecule has 3 rings (SSSR count). The first-order valence-corrected chi connectivity index (χ1v) is 6.93. The Labute approximate surface area is 108 Å². The average Bonchev–Trinajstić information content (AvgIpc) is 2.87. The number of rotatable bonds is 4. The molecular formula is C15H21NO2. The average molecular weight is 247 g/mol. The topological polar surface area (TPSA) is 30.5 Å². The Balaban J connectivity index is 1.48. The molecule has 2 aliphatic rings. The van der Waals surface area contributed by atoms with Gasteiger partial charge in [-0.3, -0.25) is 0 Å². The second-order valence-electron chi connectivity index (χ2n) is 5.27. The lowest BCUT2D eigenvalue weighted by atomic mass is 9.99. The molecule has 0 saturated carbocycles. The van der Waals surface area contributed by atoms with Crippen LogP contribution in [-0.2, 0) is 22.7 Å². The van der Waals surface area contributed by atoms with E-state index in [1.165, 1.54) is 36.1 Å². The summed E-state index contributed by atoms with van der Waals surface area (Å²) in [5.74, 6) is 0.740. The van der Waals surface area contributed by atoms with Crippen LogP contribution in [0.15, 0.2) is 18.2 Å². The molecule has 3 nitrogen and oxygen atoms in total. The van der Waals surface area contributed by atoms with E-state index in [9.17, 15) is 0 Å². The quantitative estimate of drug-likeness (QED) is 0.887. The first-order valence-electron chi connectivity index (χ1n) is 6.93. The maximum Gasteiger partial charge on any atom is 0.0725 e. The molecule has 1 unspecified atom stereocenters. The van der Waals surface area contributed by atoms with E-state index in [0.717, 1.165) is 38.9 Å². The van der Waals surface area contributed by atoms with Crippen molar-refractivity contribution in [3.05, 3.63) is 29.3 Å². The standard InChI is InChI=1S/C15H21NO2/c1-2-12(9-17-7-1)5-6-16-15-4-3-13-10-18-11-14(13)8-15/h3-4,8,12,16H,1-2,5-7,9-11H2. The minimum Gasteiger partial charge on any atom is -0.385 e. The summed E-state index contributed by atoms with van der Waals surface area (Å²) < 4.78 is 10.9. The Morgan fingerprint density at radius 3 is 3.00 bits per heavy atom. The summed E-state index contributed by atoms with van der Waals surface area (Å²) in [7, 11) is 0. The number of fused-ring (bicyclic) bond motifs is 1. The molecule has 0 aromatic heterocycles. The zero-order valence-corrected chi connectivity index (χ0v) is 10.8. The summed E-state index contributed by atoms with van der Waals surface area (Å²) in [6, 6.07) is 6.55. The van der Waals surface area contributed by atoms with E-state index in [0.29, 0.717) is 0 Å². The third-order valence-corrected chi connectivity index (χ3v) is 3.86. The van der Waals surface area contributed by atoms with Crippen molar-refractivity contribution in [1.82, 2.24) is 0 Å². The molecule has 1 aromatic carbocycles. The molecule has 0 aliphatic carbocycles. The largest absolute Gasteiger partial charge is 0.385 e. The molecule has 1 saturated heterocycles. The van der Waals surface area contributed by atoms with Gasteiger partial charge in [0, 0.05) is 25.4 Å². The molecule has 1 N–H and O–H groups in total. The molecule has 2 aliphatic heterocycles. The van der Waals surface area contributed by atoms with Crippen LogP contribution in [-0.4, -0.2) is 19.8 Å². The Morgan fingerprint density at radius 1 is 1.17 bits per heavy atom. The Morgan fingerprint density at radius 2 is 2.11 bits per heavy atom. The summed E-state index contributed by atoms with van der Waals surface area (Å²) in [4.78, 5) is 0. The first-order chi connectivity index (χ1) is 8.92. The van der Waals surface area contributed by atoms with Crippen molar-refractivity contribution < 1.29 is 9.47 Å². The van der Waals surface area contributed by atoms with Gasteiger partial charge in [0.2, 0.25) is 0 Å². The van der Waals surface area contributed by atoms with Gasteiger partial charge in [0.15, 0.2) is 0 Å². The van der Waals surface area contributed by atoms with Crippen LogP contribution in [0.4, 0.5) is 5.69 Å². The van der Waals surface area contributed by atoms with E-state index >= 15 is 0 Å². The monoisotopic (exact) mass is 247 g/mol. The second kappa shape index (κ2) is 5.72. The lowest BCUT2D eigenvalue weighted by molar-refractivity contribution is 0.0530. The van der Waals surface area contributed by atoms with Crippen LogP contribution >= 0.6 is 0 Å². The first kappa shape index (κ1) is 12.0. The molecule has 0 spiro atoms. The highest BCUT2D eigenvalue weighted by Crippen LogP contribution is 2.23. The SMILES string of the molecule is c1cc2c(cc1NCCC1CCCOC1)COC2. The van der Waals surface area contributed by atoms with Gasteiger partial charge in [0.1, 0.15) is 0 Å². The maximum absolute atomic E-state index is 5.50. The molecule has 2 heterocycles. The van der Waals surface area contributed by atoms with E-state index < -0.39 is 0 Å².